The maximum atomic E-state index is 13.2. The molecule has 1 aliphatic heterocycles. The number of aromatic nitrogens is 3. The summed E-state index contributed by atoms with van der Waals surface area (Å²) < 4.78 is 14.8. The third kappa shape index (κ3) is 7.64. The van der Waals surface area contributed by atoms with Gasteiger partial charge in [0.15, 0.2) is 11.0 Å². The second-order valence-electron chi connectivity index (χ2n) is 11.3. The first-order valence-corrected chi connectivity index (χ1v) is 16.4. The molecule has 238 valence electrons. The van der Waals surface area contributed by atoms with E-state index in [1.807, 2.05) is 79.7 Å². The van der Waals surface area contributed by atoms with Crippen LogP contribution in [0.1, 0.15) is 23.2 Å². The Labute approximate surface area is 277 Å². The third-order valence-corrected chi connectivity index (χ3v) is 9.20. The van der Waals surface area contributed by atoms with Crippen LogP contribution in [-0.2, 0) is 11.0 Å². The molecule has 2 aromatic heterocycles. The van der Waals surface area contributed by atoms with Gasteiger partial charge in [-0.3, -0.25) is 8.77 Å². The summed E-state index contributed by atoms with van der Waals surface area (Å²) in [6, 6.07) is 15.2. The lowest BCUT2D eigenvalue weighted by Crippen LogP contribution is -2.42. The highest BCUT2D eigenvalue weighted by molar-refractivity contribution is 7.87. The zero-order valence-corrected chi connectivity index (χ0v) is 27.7. The Balaban J connectivity index is 1.22. The van der Waals surface area contributed by atoms with Crippen LogP contribution in [0.3, 0.4) is 0 Å². The minimum absolute atomic E-state index is 0.00708. The highest BCUT2D eigenvalue weighted by atomic mass is 35.5. The molecule has 1 amide bonds. The lowest BCUT2D eigenvalue weighted by Gasteiger charge is -2.32. The Morgan fingerprint density at radius 3 is 2.54 bits per heavy atom. The monoisotopic (exact) mass is 655 g/mol. The molecule has 0 radical (unpaired) electrons. The van der Waals surface area contributed by atoms with E-state index in [-0.39, 0.29) is 11.9 Å². The van der Waals surface area contributed by atoms with Crippen LogP contribution < -0.4 is 10.6 Å². The number of amides is 1. The number of carbonyl (C=O) groups is 1. The van der Waals surface area contributed by atoms with Crippen molar-refractivity contribution in [3.05, 3.63) is 120 Å². The summed E-state index contributed by atoms with van der Waals surface area (Å²) in [5.41, 5.74) is 4.35. The number of anilines is 2. The van der Waals surface area contributed by atoms with Gasteiger partial charge in [-0.15, -0.1) is 0 Å². The van der Waals surface area contributed by atoms with Crippen LogP contribution in [0.5, 0.6) is 0 Å². The van der Waals surface area contributed by atoms with Gasteiger partial charge in [-0.25, -0.2) is 14.2 Å². The van der Waals surface area contributed by atoms with Crippen LogP contribution in [0, 0.1) is 0 Å². The van der Waals surface area contributed by atoms with E-state index in [0.29, 0.717) is 40.2 Å². The number of nitrogens with zero attached hydrogens (tertiary/aromatic N) is 5. The van der Waals surface area contributed by atoms with Gasteiger partial charge in [0.05, 0.1) is 27.3 Å². The van der Waals surface area contributed by atoms with Crippen LogP contribution in [0.4, 0.5) is 11.6 Å². The number of halogens is 1. The second-order valence-corrected chi connectivity index (χ2v) is 13.1. The molecule has 1 saturated heterocycles. The van der Waals surface area contributed by atoms with Gasteiger partial charge in [0.2, 0.25) is 5.95 Å². The standard InChI is InChI=1S/C35H38ClN7O2S/c1-6-25(3)46(45)43-23-30(29-11-7-8-12-32(29)43)33-31(36)22-37-35(40-33)39-28-17-20-42(21-18-28)34(44)26-13-15-27(16-14-26)38-24(2)10-9-19-41(4)5/h6-16,22-23,28,38H,1-3,17-21H2,4-5H3,(H,37,39,40)/b10-9+. The number of piperidine rings is 1. The van der Waals surface area contributed by atoms with E-state index in [2.05, 4.69) is 40.3 Å². The molecule has 0 aliphatic carbocycles. The minimum Gasteiger partial charge on any atom is -0.356 e. The topological polar surface area (TPSA) is 95.4 Å². The first-order valence-electron chi connectivity index (χ1n) is 14.9. The van der Waals surface area contributed by atoms with Gasteiger partial charge in [0.1, 0.15) is 0 Å². The Morgan fingerprint density at radius 1 is 1.13 bits per heavy atom. The molecule has 46 heavy (non-hydrogen) atoms. The van der Waals surface area contributed by atoms with Crippen molar-refractivity contribution in [3.63, 3.8) is 0 Å². The van der Waals surface area contributed by atoms with Gasteiger partial charge in [0.25, 0.3) is 5.91 Å². The lowest BCUT2D eigenvalue weighted by molar-refractivity contribution is 0.0718. The lowest BCUT2D eigenvalue weighted by atomic mass is 10.0. The number of likely N-dealkylation sites (N-methyl/N-ethyl adjacent to an activating group) is 1. The van der Waals surface area contributed by atoms with Crippen molar-refractivity contribution in [1.82, 2.24) is 23.7 Å². The molecule has 1 fully saturated rings. The van der Waals surface area contributed by atoms with Gasteiger partial charge in [-0.05, 0) is 63.3 Å². The van der Waals surface area contributed by atoms with Crippen LogP contribution in [0.2, 0.25) is 5.02 Å². The van der Waals surface area contributed by atoms with Crippen molar-refractivity contribution in [2.75, 3.05) is 44.4 Å². The average Bonchev–Trinajstić information content (AvgIpc) is 3.44. The minimum atomic E-state index is -1.54. The molecular weight excluding hydrogens is 618 g/mol. The third-order valence-electron chi connectivity index (χ3n) is 7.65. The Bertz CT molecular complexity index is 1820. The molecule has 1 atom stereocenters. The van der Waals surface area contributed by atoms with E-state index in [0.717, 1.165) is 47.2 Å². The second kappa shape index (κ2) is 14.7. The van der Waals surface area contributed by atoms with Crippen molar-refractivity contribution >= 4 is 51.0 Å². The summed E-state index contributed by atoms with van der Waals surface area (Å²) >= 11 is 6.60. The molecule has 1 aliphatic rings. The Morgan fingerprint density at radius 2 is 1.85 bits per heavy atom. The number of benzene rings is 2. The van der Waals surface area contributed by atoms with Crippen LogP contribution >= 0.6 is 11.6 Å². The van der Waals surface area contributed by atoms with Crippen LogP contribution in [-0.4, -0.2) is 73.6 Å². The molecule has 1 unspecified atom stereocenters. The number of hydrogen-bond acceptors (Lipinski definition) is 7. The predicted octanol–water partition coefficient (Wildman–Crippen LogP) is 6.72. The van der Waals surface area contributed by atoms with Crippen LogP contribution in [0.15, 0.2) is 109 Å². The van der Waals surface area contributed by atoms with Gasteiger partial charge >= 0.3 is 0 Å². The molecule has 11 heteroatoms. The average molecular weight is 656 g/mol. The number of carbonyl (C=O) groups excluding carboxylic acids is 1. The highest BCUT2D eigenvalue weighted by Gasteiger charge is 2.25. The fraction of sp³-hybridized carbons (Fsp3) is 0.229. The highest BCUT2D eigenvalue weighted by Crippen LogP contribution is 2.35. The fourth-order valence-corrected chi connectivity index (χ4v) is 6.35. The van der Waals surface area contributed by atoms with Crippen molar-refractivity contribution in [2.45, 2.75) is 18.9 Å². The molecule has 5 rings (SSSR count). The Kier molecular flexibility index (Phi) is 10.5. The summed E-state index contributed by atoms with van der Waals surface area (Å²) in [4.78, 5) is 26.8. The fourth-order valence-electron chi connectivity index (χ4n) is 5.22. The van der Waals surface area contributed by atoms with Crippen LogP contribution in [0.25, 0.3) is 22.2 Å². The molecule has 3 heterocycles. The number of rotatable bonds is 12. The first-order chi connectivity index (χ1) is 22.1. The van der Waals surface area contributed by atoms with E-state index in [1.165, 1.54) is 6.08 Å². The van der Waals surface area contributed by atoms with Gasteiger partial charge in [-0.2, -0.15) is 0 Å². The smallest absolute Gasteiger partial charge is 0.253 e. The van der Waals surface area contributed by atoms with E-state index in [1.54, 1.807) is 16.4 Å². The summed E-state index contributed by atoms with van der Waals surface area (Å²) in [6.07, 6.45) is 10.3. The molecule has 4 aromatic rings. The van der Waals surface area contributed by atoms with Crippen molar-refractivity contribution in [2.24, 2.45) is 0 Å². The van der Waals surface area contributed by atoms with Crippen molar-refractivity contribution < 1.29 is 9.00 Å². The quantitative estimate of drug-likeness (QED) is 0.164. The van der Waals surface area contributed by atoms with Crippen molar-refractivity contribution in [1.29, 1.82) is 0 Å². The number of likely N-dealkylation sites (tertiary alicyclic amines) is 1. The zero-order valence-electron chi connectivity index (χ0n) is 26.1. The number of hydrogen-bond donors (Lipinski definition) is 2. The predicted molar refractivity (Wildman–Crippen MR) is 190 cm³/mol. The van der Waals surface area contributed by atoms with Gasteiger partial charge < -0.3 is 20.4 Å². The summed E-state index contributed by atoms with van der Waals surface area (Å²) in [5, 5.41) is 7.93. The maximum Gasteiger partial charge on any atom is 0.253 e. The summed E-state index contributed by atoms with van der Waals surface area (Å²) in [5.74, 6) is 0.450. The van der Waals surface area contributed by atoms with Crippen molar-refractivity contribution in [3.8, 4) is 11.3 Å². The molecule has 0 spiro atoms. The molecule has 2 N–H and O–H groups in total. The normalized spacial score (nSPS) is 14.5. The van der Waals surface area contributed by atoms with E-state index < -0.39 is 11.0 Å². The molecule has 2 aromatic carbocycles. The summed E-state index contributed by atoms with van der Waals surface area (Å²) in [7, 11) is 2.48. The van der Waals surface area contributed by atoms with Gasteiger partial charge in [0, 0.05) is 59.8 Å². The number of para-hydroxylation sites is 1. The van der Waals surface area contributed by atoms with E-state index in [4.69, 9.17) is 16.6 Å². The summed E-state index contributed by atoms with van der Waals surface area (Å²) in [6.45, 7) is 13.6. The molecule has 0 saturated carbocycles. The van der Waals surface area contributed by atoms with E-state index >= 15 is 0 Å². The largest absolute Gasteiger partial charge is 0.356 e. The zero-order chi connectivity index (χ0) is 32.8. The SMILES string of the molecule is C=CC(=C)S(=O)n1cc(-c2nc(NC3CCN(C(=O)c4ccc(NC(=C)/C=C/CN(C)C)cc4)CC3)ncc2Cl)c2ccccc21. The Hall–Kier alpha value is -4.51. The maximum absolute atomic E-state index is 13.2. The number of nitrogens with one attached hydrogen (secondary N) is 2. The van der Waals surface area contributed by atoms with Gasteiger partial charge in [-0.1, -0.05) is 61.7 Å². The number of allylic oxidation sites excluding steroid dienone is 2. The first kappa shape index (κ1) is 32.9. The number of fused-ring (bicyclic) bond motifs is 1. The molecule has 0 bridgehead atoms. The van der Waals surface area contributed by atoms with E-state index in [9.17, 15) is 9.00 Å². The molecular formula is C35H38ClN7O2S. The molecule has 9 nitrogen and oxygen atoms in total.